The highest BCUT2D eigenvalue weighted by Crippen LogP contribution is 2.25. The predicted molar refractivity (Wildman–Crippen MR) is 52.8 cm³/mol. The van der Waals surface area contributed by atoms with Crippen molar-refractivity contribution in [3.8, 4) is 0 Å². The topological polar surface area (TPSA) is 9.23 Å². The highest BCUT2D eigenvalue weighted by atomic mass is 32.2. The van der Waals surface area contributed by atoms with Crippen molar-refractivity contribution in [1.82, 2.24) is 0 Å². The Morgan fingerprint density at radius 1 is 1.25 bits per heavy atom. The lowest BCUT2D eigenvalue weighted by Gasteiger charge is -1.96. The van der Waals surface area contributed by atoms with Gasteiger partial charge in [-0.1, -0.05) is 42.1 Å². The van der Waals surface area contributed by atoms with Crippen molar-refractivity contribution in [1.29, 1.82) is 0 Å². The first-order chi connectivity index (χ1) is 5.95. The van der Waals surface area contributed by atoms with Gasteiger partial charge in [0, 0.05) is 5.75 Å². The molecule has 0 aromatic heterocycles. The largest absolute Gasteiger partial charge is 0.486 e. The fourth-order valence-corrected chi connectivity index (χ4v) is 1.85. The summed E-state index contributed by atoms with van der Waals surface area (Å²) >= 11 is 1.78. The second-order valence-electron chi connectivity index (χ2n) is 2.57. The first-order valence-corrected chi connectivity index (χ1v) is 4.96. The molecule has 0 bridgehead atoms. The van der Waals surface area contributed by atoms with Gasteiger partial charge in [-0.2, -0.15) is 0 Å². The smallest absolute Gasteiger partial charge is 0.153 e. The van der Waals surface area contributed by atoms with Gasteiger partial charge in [-0.15, -0.1) is 0 Å². The minimum atomic E-state index is 0.851. The number of rotatable bonds is 1. The molecule has 0 saturated carbocycles. The maximum Gasteiger partial charge on any atom is 0.153 e. The fraction of sp³-hybridized carbons (Fsp3) is 0.200. The van der Waals surface area contributed by atoms with Gasteiger partial charge in [-0.05, 0) is 11.6 Å². The molecule has 1 saturated heterocycles. The summed E-state index contributed by atoms with van der Waals surface area (Å²) in [6, 6.07) is 10.2. The van der Waals surface area contributed by atoms with Gasteiger partial charge in [-0.3, -0.25) is 0 Å². The van der Waals surface area contributed by atoms with Crippen molar-refractivity contribution < 1.29 is 4.74 Å². The molecular formula is C10H10OS. The van der Waals surface area contributed by atoms with Crippen LogP contribution in [0.1, 0.15) is 5.56 Å². The summed E-state index contributed by atoms with van der Waals surface area (Å²) in [6.07, 6.45) is 2.08. The lowest BCUT2D eigenvalue weighted by molar-refractivity contribution is 0.278. The molecule has 0 spiro atoms. The van der Waals surface area contributed by atoms with E-state index in [4.69, 9.17) is 4.74 Å². The van der Waals surface area contributed by atoms with E-state index in [2.05, 4.69) is 18.2 Å². The Labute approximate surface area is 76.4 Å². The van der Waals surface area contributed by atoms with E-state index in [1.807, 2.05) is 18.2 Å². The SMILES string of the molecule is C(=C1/OCCS1)/c1ccccc1. The molecule has 1 aliphatic rings. The van der Waals surface area contributed by atoms with Gasteiger partial charge in [0.1, 0.15) is 0 Å². The Balaban J connectivity index is 2.16. The van der Waals surface area contributed by atoms with E-state index in [0.29, 0.717) is 0 Å². The molecule has 0 amide bonds. The van der Waals surface area contributed by atoms with E-state index < -0.39 is 0 Å². The van der Waals surface area contributed by atoms with E-state index in [1.165, 1.54) is 5.56 Å². The molecule has 12 heavy (non-hydrogen) atoms. The van der Waals surface area contributed by atoms with Crippen molar-refractivity contribution in [3.63, 3.8) is 0 Å². The van der Waals surface area contributed by atoms with E-state index in [1.54, 1.807) is 11.8 Å². The molecule has 2 rings (SSSR count). The first kappa shape index (κ1) is 7.74. The lowest BCUT2D eigenvalue weighted by Crippen LogP contribution is -1.79. The summed E-state index contributed by atoms with van der Waals surface area (Å²) in [5.74, 6) is 1.08. The zero-order valence-corrected chi connectivity index (χ0v) is 7.51. The van der Waals surface area contributed by atoms with Crippen LogP contribution in [0, 0.1) is 0 Å². The number of benzene rings is 1. The molecule has 2 heteroatoms. The second-order valence-corrected chi connectivity index (χ2v) is 3.67. The molecule has 1 heterocycles. The minimum absolute atomic E-state index is 0.851. The molecule has 1 nitrogen and oxygen atoms in total. The Morgan fingerprint density at radius 3 is 2.75 bits per heavy atom. The molecule has 62 valence electrons. The van der Waals surface area contributed by atoms with E-state index in [0.717, 1.165) is 17.5 Å². The van der Waals surface area contributed by atoms with Crippen molar-refractivity contribution >= 4 is 17.8 Å². The van der Waals surface area contributed by atoms with Crippen LogP contribution in [0.15, 0.2) is 35.4 Å². The van der Waals surface area contributed by atoms with E-state index >= 15 is 0 Å². The summed E-state index contributed by atoms with van der Waals surface area (Å²) < 4.78 is 5.38. The van der Waals surface area contributed by atoms with Gasteiger partial charge in [0.05, 0.1) is 6.61 Å². The molecule has 1 aromatic rings. The van der Waals surface area contributed by atoms with Crippen LogP contribution in [0.5, 0.6) is 0 Å². The zero-order chi connectivity index (χ0) is 8.23. The maximum atomic E-state index is 5.38. The van der Waals surface area contributed by atoms with Gasteiger partial charge in [0.2, 0.25) is 0 Å². The molecule has 0 unspecified atom stereocenters. The summed E-state index contributed by atoms with van der Waals surface area (Å²) in [5, 5.41) is 1.04. The molecule has 0 radical (unpaired) electrons. The summed E-state index contributed by atoms with van der Waals surface area (Å²) in [4.78, 5) is 0. The highest BCUT2D eigenvalue weighted by Gasteiger charge is 2.06. The third kappa shape index (κ3) is 1.83. The summed E-state index contributed by atoms with van der Waals surface area (Å²) in [5.41, 5.74) is 1.21. The van der Waals surface area contributed by atoms with Crippen LogP contribution in [-0.4, -0.2) is 12.4 Å². The van der Waals surface area contributed by atoms with Crippen molar-refractivity contribution in [2.45, 2.75) is 0 Å². The summed E-state index contributed by atoms with van der Waals surface area (Å²) in [6.45, 7) is 0.851. The van der Waals surface area contributed by atoms with Gasteiger partial charge in [0.25, 0.3) is 0 Å². The Bertz CT molecular complexity index is 271. The third-order valence-corrected chi connectivity index (χ3v) is 2.55. The van der Waals surface area contributed by atoms with Gasteiger partial charge in [0.15, 0.2) is 5.09 Å². The molecule has 0 atom stereocenters. The zero-order valence-electron chi connectivity index (χ0n) is 6.69. The Hall–Kier alpha value is -0.890. The molecule has 1 aromatic carbocycles. The van der Waals surface area contributed by atoms with E-state index in [-0.39, 0.29) is 0 Å². The number of hydrogen-bond acceptors (Lipinski definition) is 2. The number of thioether (sulfide) groups is 1. The van der Waals surface area contributed by atoms with Crippen LogP contribution < -0.4 is 0 Å². The normalized spacial score (nSPS) is 19.5. The second kappa shape index (κ2) is 3.68. The van der Waals surface area contributed by atoms with Crippen LogP contribution in [-0.2, 0) is 4.74 Å². The first-order valence-electron chi connectivity index (χ1n) is 3.97. The molecule has 1 aliphatic heterocycles. The Morgan fingerprint density at radius 2 is 2.08 bits per heavy atom. The summed E-state index contributed by atoms with van der Waals surface area (Å²) in [7, 11) is 0. The van der Waals surface area contributed by atoms with E-state index in [9.17, 15) is 0 Å². The molecule has 1 fully saturated rings. The van der Waals surface area contributed by atoms with Gasteiger partial charge >= 0.3 is 0 Å². The maximum absolute atomic E-state index is 5.38. The van der Waals surface area contributed by atoms with Crippen LogP contribution in [0.2, 0.25) is 0 Å². The monoisotopic (exact) mass is 178 g/mol. The van der Waals surface area contributed by atoms with Crippen molar-refractivity contribution in [3.05, 3.63) is 41.0 Å². The highest BCUT2D eigenvalue weighted by molar-refractivity contribution is 8.03. The molecule has 0 aliphatic carbocycles. The molecule has 0 N–H and O–H groups in total. The van der Waals surface area contributed by atoms with Crippen LogP contribution >= 0.6 is 11.8 Å². The lowest BCUT2D eigenvalue weighted by atomic mass is 10.2. The number of ether oxygens (including phenoxy) is 1. The fourth-order valence-electron chi connectivity index (χ4n) is 1.09. The van der Waals surface area contributed by atoms with Gasteiger partial charge < -0.3 is 4.74 Å². The average molecular weight is 178 g/mol. The minimum Gasteiger partial charge on any atom is -0.486 e. The molecular weight excluding hydrogens is 168 g/mol. The standard InChI is InChI=1S/C10H10OS/c1-2-4-9(5-3-1)8-10-11-6-7-12-10/h1-5,8H,6-7H2/b10-8+. The average Bonchev–Trinajstić information content (AvgIpc) is 2.59. The predicted octanol–water partition coefficient (Wildman–Crippen LogP) is 2.75. The van der Waals surface area contributed by atoms with Gasteiger partial charge in [-0.25, -0.2) is 0 Å². The van der Waals surface area contributed by atoms with Crippen LogP contribution in [0.3, 0.4) is 0 Å². The van der Waals surface area contributed by atoms with Crippen LogP contribution in [0.4, 0.5) is 0 Å². The van der Waals surface area contributed by atoms with Crippen molar-refractivity contribution in [2.24, 2.45) is 0 Å². The van der Waals surface area contributed by atoms with Crippen molar-refractivity contribution in [2.75, 3.05) is 12.4 Å². The Kier molecular flexibility index (Phi) is 2.37. The third-order valence-electron chi connectivity index (χ3n) is 1.66. The quantitative estimate of drug-likeness (QED) is 0.654. The number of hydrogen-bond donors (Lipinski definition) is 0. The van der Waals surface area contributed by atoms with Crippen LogP contribution in [0.25, 0.3) is 6.08 Å².